The predicted molar refractivity (Wildman–Crippen MR) is 123 cm³/mol. The van der Waals surface area contributed by atoms with Crippen LogP contribution in [0.5, 0.6) is 0 Å². The number of hydrogen-bond donors (Lipinski definition) is 2. The van der Waals surface area contributed by atoms with Gasteiger partial charge in [0.05, 0.1) is 6.21 Å². The standard InChI is InChI=1S/C23H23BrN4O2/c1-14-5-8-20(11-15(14)2)26-22(29)23(30)27-25-13-18-12-16(3)28(17(18)4)21-9-6-19(24)7-10-21/h5-13H,1-4H3,(H,26,29)(H,27,30)/b25-13-. The zero-order valence-corrected chi connectivity index (χ0v) is 18.9. The second kappa shape index (κ2) is 9.09. The molecule has 0 atom stereocenters. The number of rotatable bonds is 4. The van der Waals surface area contributed by atoms with Gasteiger partial charge in [-0.05, 0) is 81.3 Å². The highest BCUT2D eigenvalue weighted by Gasteiger charge is 2.14. The summed E-state index contributed by atoms with van der Waals surface area (Å²) in [4.78, 5) is 24.1. The highest BCUT2D eigenvalue weighted by atomic mass is 79.9. The van der Waals surface area contributed by atoms with Crippen molar-refractivity contribution in [3.05, 3.63) is 81.1 Å². The third-order valence-corrected chi connectivity index (χ3v) is 5.42. The Bertz CT molecular complexity index is 1130. The van der Waals surface area contributed by atoms with Gasteiger partial charge in [0.15, 0.2) is 0 Å². The van der Waals surface area contributed by atoms with Gasteiger partial charge in [-0.3, -0.25) is 9.59 Å². The van der Waals surface area contributed by atoms with E-state index in [-0.39, 0.29) is 0 Å². The van der Waals surface area contributed by atoms with E-state index in [1.54, 1.807) is 12.3 Å². The molecule has 0 fully saturated rings. The van der Waals surface area contributed by atoms with Crippen LogP contribution in [-0.4, -0.2) is 22.6 Å². The Morgan fingerprint density at radius 1 is 0.933 bits per heavy atom. The molecule has 154 valence electrons. The first kappa shape index (κ1) is 21.5. The molecule has 6 nitrogen and oxygen atoms in total. The van der Waals surface area contributed by atoms with Crippen LogP contribution in [0.4, 0.5) is 5.69 Å². The molecular formula is C23H23BrN4O2. The molecule has 0 unspecified atom stereocenters. The van der Waals surface area contributed by atoms with Gasteiger partial charge in [-0.15, -0.1) is 0 Å². The number of benzene rings is 2. The first-order valence-corrected chi connectivity index (χ1v) is 10.2. The summed E-state index contributed by atoms with van der Waals surface area (Å²) in [6, 6.07) is 15.4. The Morgan fingerprint density at radius 3 is 2.30 bits per heavy atom. The summed E-state index contributed by atoms with van der Waals surface area (Å²) < 4.78 is 3.11. The fraction of sp³-hybridized carbons (Fsp3) is 0.174. The summed E-state index contributed by atoms with van der Waals surface area (Å²) in [6.45, 7) is 7.91. The van der Waals surface area contributed by atoms with Gasteiger partial charge in [0.1, 0.15) is 0 Å². The number of anilines is 1. The van der Waals surface area contributed by atoms with Gasteiger partial charge in [-0.1, -0.05) is 22.0 Å². The molecule has 1 heterocycles. The van der Waals surface area contributed by atoms with Crippen molar-refractivity contribution in [3.63, 3.8) is 0 Å². The average Bonchev–Trinajstić information content (AvgIpc) is 2.99. The number of hydrogen-bond acceptors (Lipinski definition) is 3. The maximum absolute atomic E-state index is 12.1. The fourth-order valence-corrected chi connectivity index (χ4v) is 3.39. The summed E-state index contributed by atoms with van der Waals surface area (Å²) in [6.07, 6.45) is 1.54. The molecule has 0 saturated heterocycles. The van der Waals surface area contributed by atoms with Crippen LogP contribution in [-0.2, 0) is 9.59 Å². The number of hydrazone groups is 1. The molecule has 2 N–H and O–H groups in total. The molecule has 0 radical (unpaired) electrons. The largest absolute Gasteiger partial charge is 0.329 e. The Labute approximate surface area is 184 Å². The lowest BCUT2D eigenvalue weighted by molar-refractivity contribution is -0.136. The molecule has 0 aliphatic carbocycles. The number of carbonyl (C=O) groups excluding carboxylic acids is 2. The highest BCUT2D eigenvalue weighted by Crippen LogP contribution is 2.21. The maximum Gasteiger partial charge on any atom is 0.329 e. The van der Waals surface area contributed by atoms with Crippen LogP contribution >= 0.6 is 15.9 Å². The summed E-state index contributed by atoms with van der Waals surface area (Å²) in [5.74, 6) is -1.60. The number of aromatic nitrogens is 1. The monoisotopic (exact) mass is 466 g/mol. The van der Waals surface area contributed by atoms with Gasteiger partial charge in [0, 0.05) is 32.8 Å². The number of amides is 2. The average molecular weight is 467 g/mol. The summed E-state index contributed by atoms with van der Waals surface area (Å²) in [7, 11) is 0. The Balaban J connectivity index is 1.66. The van der Waals surface area contributed by atoms with Gasteiger partial charge < -0.3 is 9.88 Å². The van der Waals surface area contributed by atoms with E-state index in [9.17, 15) is 9.59 Å². The van der Waals surface area contributed by atoms with Crippen molar-refractivity contribution in [1.29, 1.82) is 0 Å². The minimum atomic E-state index is -0.828. The molecule has 30 heavy (non-hydrogen) atoms. The van der Waals surface area contributed by atoms with Crippen LogP contribution in [0.15, 0.2) is 58.1 Å². The molecule has 3 rings (SSSR count). The first-order chi connectivity index (χ1) is 14.3. The molecule has 0 bridgehead atoms. The molecule has 0 aliphatic rings. The minimum absolute atomic E-state index is 0.570. The molecule has 0 aliphatic heterocycles. The quantitative estimate of drug-likeness (QED) is 0.335. The minimum Gasteiger partial charge on any atom is -0.318 e. The third kappa shape index (κ3) is 4.86. The molecule has 7 heteroatoms. The zero-order valence-electron chi connectivity index (χ0n) is 17.3. The van der Waals surface area contributed by atoms with Crippen molar-refractivity contribution in [2.24, 2.45) is 5.10 Å². The van der Waals surface area contributed by atoms with E-state index in [0.29, 0.717) is 5.69 Å². The second-order valence-electron chi connectivity index (χ2n) is 7.09. The molecule has 3 aromatic rings. The Kier molecular flexibility index (Phi) is 6.52. The van der Waals surface area contributed by atoms with E-state index in [4.69, 9.17) is 0 Å². The molecule has 0 spiro atoms. The fourth-order valence-electron chi connectivity index (χ4n) is 3.12. The van der Waals surface area contributed by atoms with Crippen molar-refractivity contribution in [2.75, 3.05) is 5.32 Å². The third-order valence-electron chi connectivity index (χ3n) is 4.90. The molecule has 2 amide bonds. The smallest absolute Gasteiger partial charge is 0.318 e. The summed E-state index contributed by atoms with van der Waals surface area (Å²) in [5, 5.41) is 6.53. The lowest BCUT2D eigenvalue weighted by Gasteiger charge is -2.09. The van der Waals surface area contributed by atoms with Crippen molar-refractivity contribution in [2.45, 2.75) is 27.7 Å². The first-order valence-electron chi connectivity index (χ1n) is 9.43. The van der Waals surface area contributed by atoms with E-state index in [1.165, 1.54) is 0 Å². The second-order valence-corrected chi connectivity index (χ2v) is 8.01. The van der Waals surface area contributed by atoms with Crippen LogP contribution < -0.4 is 10.7 Å². The topological polar surface area (TPSA) is 75.5 Å². The van der Waals surface area contributed by atoms with E-state index >= 15 is 0 Å². The number of nitrogens with one attached hydrogen (secondary N) is 2. The predicted octanol–water partition coefficient (Wildman–Crippen LogP) is 4.56. The number of aryl methyl sites for hydroxylation is 3. The van der Waals surface area contributed by atoms with Crippen LogP contribution in [0, 0.1) is 27.7 Å². The van der Waals surface area contributed by atoms with Gasteiger partial charge in [-0.2, -0.15) is 5.10 Å². The van der Waals surface area contributed by atoms with E-state index in [1.807, 2.05) is 70.2 Å². The zero-order chi connectivity index (χ0) is 21.8. The van der Waals surface area contributed by atoms with Crippen molar-refractivity contribution in [1.82, 2.24) is 9.99 Å². The van der Waals surface area contributed by atoms with Crippen LogP contribution in [0.3, 0.4) is 0 Å². The van der Waals surface area contributed by atoms with E-state index < -0.39 is 11.8 Å². The lowest BCUT2D eigenvalue weighted by atomic mass is 10.1. The maximum atomic E-state index is 12.1. The van der Waals surface area contributed by atoms with Crippen LogP contribution in [0.1, 0.15) is 28.1 Å². The number of halogens is 1. The van der Waals surface area contributed by atoms with Gasteiger partial charge >= 0.3 is 11.8 Å². The lowest BCUT2D eigenvalue weighted by Crippen LogP contribution is -2.32. The van der Waals surface area contributed by atoms with Crippen molar-refractivity contribution < 1.29 is 9.59 Å². The van der Waals surface area contributed by atoms with E-state index in [0.717, 1.165) is 38.2 Å². The van der Waals surface area contributed by atoms with E-state index in [2.05, 4.69) is 36.3 Å². The van der Waals surface area contributed by atoms with Crippen molar-refractivity contribution in [3.8, 4) is 5.69 Å². The van der Waals surface area contributed by atoms with Crippen molar-refractivity contribution >= 4 is 39.6 Å². The van der Waals surface area contributed by atoms with Gasteiger partial charge in [0.25, 0.3) is 0 Å². The summed E-state index contributed by atoms with van der Waals surface area (Å²) in [5.41, 5.74) is 8.90. The number of nitrogens with zero attached hydrogens (tertiary/aromatic N) is 2. The Hall–Kier alpha value is -3.19. The normalized spacial score (nSPS) is 11.0. The van der Waals surface area contributed by atoms with Crippen LogP contribution in [0.2, 0.25) is 0 Å². The molecule has 2 aromatic carbocycles. The molecular weight excluding hydrogens is 444 g/mol. The van der Waals surface area contributed by atoms with Gasteiger partial charge in [0.2, 0.25) is 0 Å². The summed E-state index contributed by atoms with van der Waals surface area (Å²) >= 11 is 3.44. The molecule has 1 aromatic heterocycles. The Morgan fingerprint density at radius 2 is 1.63 bits per heavy atom. The van der Waals surface area contributed by atoms with Gasteiger partial charge in [-0.25, -0.2) is 5.43 Å². The molecule has 0 saturated carbocycles. The highest BCUT2D eigenvalue weighted by molar-refractivity contribution is 9.10. The van der Waals surface area contributed by atoms with Crippen LogP contribution in [0.25, 0.3) is 5.69 Å². The SMILES string of the molecule is Cc1ccc(NC(=O)C(=O)N/N=C\c2cc(C)n(-c3ccc(Br)cc3)c2C)cc1C. The number of carbonyl (C=O) groups is 2.